The number of benzene rings is 1. The summed E-state index contributed by atoms with van der Waals surface area (Å²) in [6.07, 6.45) is 3.26. The molecule has 2 rings (SSSR count). The van der Waals surface area contributed by atoms with Crippen LogP contribution in [0.2, 0.25) is 5.02 Å². The number of carbonyl (C=O) groups excluding carboxylic acids is 2. The Hall–Kier alpha value is -1.90. The van der Waals surface area contributed by atoms with E-state index < -0.39 is 5.91 Å². The number of hydrogen-bond donors (Lipinski definition) is 4. The summed E-state index contributed by atoms with van der Waals surface area (Å²) in [6, 6.07) is 7.50. The van der Waals surface area contributed by atoms with Crippen LogP contribution in [0.3, 0.4) is 0 Å². The van der Waals surface area contributed by atoms with Crippen molar-refractivity contribution in [2.24, 2.45) is 0 Å². The Labute approximate surface area is 166 Å². The Morgan fingerprint density at radius 3 is 2.65 bits per heavy atom. The van der Waals surface area contributed by atoms with Gasteiger partial charge in [0.25, 0.3) is 11.8 Å². The van der Waals surface area contributed by atoms with Gasteiger partial charge in [0.15, 0.2) is 5.11 Å². The fourth-order valence-electron chi connectivity index (χ4n) is 2.19. The summed E-state index contributed by atoms with van der Waals surface area (Å²) < 4.78 is 0.924. The molecule has 6 nitrogen and oxygen atoms in total. The van der Waals surface area contributed by atoms with E-state index in [9.17, 15) is 9.59 Å². The molecule has 4 N–H and O–H groups in total. The first-order chi connectivity index (χ1) is 12.5. The number of amides is 2. The number of halogens is 1. The lowest BCUT2D eigenvalue weighted by Crippen LogP contribution is -2.49. The standard InChI is InChI=1S/C17H21ClN4O2S2/c1-2-3-6-9-19-17(25)22-21-13(23)10-20-16(24)15-14(18)11-7-4-5-8-12(11)26-15/h4-5,7-8H,2-3,6,9-10H2,1H3,(H,20,24)(H,21,23)(H2,19,22,25). The van der Waals surface area contributed by atoms with Crippen LogP contribution >= 0.6 is 35.2 Å². The molecule has 2 amide bonds. The van der Waals surface area contributed by atoms with Crippen molar-refractivity contribution in [3.05, 3.63) is 34.2 Å². The molecule has 0 unspecified atom stereocenters. The van der Waals surface area contributed by atoms with Crippen molar-refractivity contribution in [2.75, 3.05) is 13.1 Å². The van der Waals surface area contributed by atoms with E-state index >= 15 is 0 Å². The summed E-state index contributed by atoms with van der Waals surface area (Å²) in [5.74, 6) is -0.792. The summed E-state index contributed by atoms with van der Waals surface area (Å²) >= 11 is 12.6. The molecule has 140 valence electrons. The molecular weight excluding hydrogens is 392 g/mol. The van der Waals surface area contributed by atoms with Gasteiger partial charge >= 0.3 is 0 Å². The third kappa shape index (κ3) is 5.82. The van der Waals surface area contributed by atoms with Crippen LogP contribution in [0, 0.1) is 0 Å². The first-order valence-electron chi connectivity index (χ1n) is 8.30. The van der Waals surface area contributed by atoms with Gasteiger partial charge in [0, 0.05) is 16.6 Å². The molecule has 9 heteroatoms. The Kier molecular flexibility index (Phi) is 8.08. The van der Waals surface area contributed by atoms with Gasteiger partial charge < -0.3 is 10.6 Å². The Morgan fingerprint density at radius 1 is 1.15 bits per heavy atom. The highest BCUT2D eigenvalue weighted by Gasteiger charge is 2.17. The average Bonchev–Trinajstić information content (AvgIpc) is 2.98. The zero-order chi connectivity index (χ0) is 18.9. The van der Waals surface area contributed by atoms with E-state index in [2.05, 4.69) is 28.4 Å². The molecule has 1 aromatic heterocycles. The molecule has 1 aromatic carbocycles. The minimum atomic E-state index is -0.409. The Bertz CT molecular complexity index is 794. The van der Waals surface area contributed by atoms with E-state index in [0.717, 1.165) is 35.9 Å². The maximum absolute atomic E-state index is 12.3. The summed E-state index contributed by atoms with van der Waals surface area (Å²) in [5, 5.41) is 7.12. The second-order valence-corrected chi connectivity index (χ2v) is 7.40. The zero-order valence-corrected chi connectivity index (χ0v) is 16.7. The number of thiophene rings is 1. The van der Waals surface area contributed by atoms with Gasteiger partial charge in [-0.05, 0) is 24.7 Å². The number of hydrogen-bond acceptors (Lipinski definition) is 4. The van der Waals surface area contributed by atoms with Gasteiger partial charge in [-0.15, -0.1) is 11.3 Å². The molecule has 26 heavy (non-hydrogen) atoms. The van der Waals surface area contributed by atoms with Crippen LogP contribution in [0.25, 0.3) is 10.1 Å². The van der Waals surface area contributed by atoms with Crippen LogP contribution in [0.4, 0.5) is 0 Å². The summed E-state index contributed by atoms with van der Waals surface area (Å²) in [4.78, 5) is 24.5. The second kappa shape index (κ2) is 10.3. The van der Waals surface area contributed by atoms with Crippen LogP contribution in [0.15, 0.2) is 24.3 Å². The van der Waals surface area contributed by atoms with Crippen LogP contribution in [-0.4, -0.2) is 30.0 Å². The van der Waals surface area contributed by atoms with Gasteiger partial charge in [0.1, 0.15) is 4.88 Å². The number of thiocarbonyl (C=S) groups is 1. The van der Waals surface area contributed by atoms with Crippen LogP contribution in [0.1, 0.15) is 35.9 Å². The number of carbonyl (C=O) groups is 2. The average molecular weight is 413 g/mol. The number of fused-ring (bicyclic) bond motifs is 1. The molecule has 0 atom stereocenters. The normalized spacial score (nSPS) is 10.4. The van der Waals surface area contributed by atoms with Crippen LogP contribution in [0.5, 0.6) is 0 Å². The van der Waals surface area contributed by atoms with E-state index in [0.29, 0.717) is 15.0 Å². The molecule has 1 heterocycles. The maximum Gasteiger partial charge on any atom is 0.263 e. The van der Waals surface area contributed by atoms with Crippen molar-refractivity contribution < 1.29 is 9.59 Å². The van der Waals surface area contributed by atoms with Crippen molar-refractivity contribution in [1.82, 2.24) is 21.5 Å². The third-order valence-corrected chi connectivity index (χ3v) is 5.45. The molecule has 0 radical (unpaired) electrons. The first kappa shape index (κ1) is 20.4. The topological polar surface area (TPSA) is 82.3 Å². The van der Waals surface area contributed by atoms with Gasteiger partial charge in [0.2, 0.25) is 0 Å². The fraction of sp³-hybridized carbons (Fsp3) is 0.353. The highest BCUT2D eigenvalue weighted by atomic mass is 35.5. The molecule has 0 aliphatic rings. The van der Waals surface area contributed by atoms with Gasteiger partial charge in [-0.1, -0.05) is 49.6 Å². The number of rotatable bonds is 7. The fourth-order valence-corrected chi connectivity index (χ4v) is 3.78. The van der Waals surface area contributed by atoms with Crippen molar-refractivity contribution in [1.29, 1.82) is 0 Å². The first-order valence-corrected chi connectivity index (χ1v) is 9.91. The lowest BCUT2D eigenvalue weighted by molar-refractivity contribution is -0.120. The van der Waals surface area contributed by atoms with Crippen molar-refractivity contribution in [2.45, 2.75) is 26.2 Å². The molecule has 0 aliphatic carbocycles. The van der Waals surface area contributed by atoms with Crippen LogP contribution in [-0.2, 0) is 4.79 Å². The molecule has 0 spiro atoms. The minimum Gasteiger partial charge on any atom is -0.361 e. The number of hydrazine groups is 1. The summed E-state index contributed by atoms with van der Waals surface area (Å²) in [7, 11) is 0. The van der Waals surface area contributed by atoms with Crippen LogP contribution < -0.4 is 21.5 Å². The maximum atomic E-state index is 12.3. The Balaban J connectivity index is 1.75. The molecule has 0 saturated carbocycles. The van der Waals surface area contributed by atoms with Gasteiger partial charge in [-0.2, -0.15) is 0 Å². The number of unbranched alkanes of at least 4 members (excludes halogenated alkanes) is 2. The highest BCUT2D eigenvalue weighted by molar-refractivity contribution is 7.80. The molecule has 0 fully saturated rings. The van der Waals surface area contributed by atoms with E-state index in [1.807, 2.05) is 24.3 Å². The molecule has 0 saturated heterocycles. The van der Waals surface area contributed by atoms with Crippen molar-refractivity contribution in [3.63, 3.8) is 0 Å². The quantitative estimate of drug-likeness (QED) is 0.319. The minimum absolute atomic E-state index is 0.186. The second-order valence-electron chi connectivity index (χ2n) is 5.56. The monoisotopic (exact) mass is 412 g/mol. The Morgan fingerprint density at radius 2 is 1.92 bits per heavy atom. The van der Waals surface area contributed by atoms with Gasteiger partial charge in [-0.3, -0.25) is 20.4 Å². The zero-order valence-electron chi connectivity index (χ0n) is 14.4. The van der Waals surface area contributed by atoms with E-state index in [1.54, 1.807) is 0 Å². The molecular formula is C17H21ClN4O2S2. The van der Waals surface area contributed by atoms with E-state index in [-0.39, 0.29) is 12.5 Å². The smallest absolute Gasteiger partial charge is 0.263 e. The molecule has 2 aromatic rings. The highest BCUT2D eigenvalue weighted by Crippen LogP contribution is 2.34. The SMILES string of the molecule is CCCCCNC(=S)NNC(=O)CNC(=O)c1sc2ccccc2c1Cl. The molecule has 0 aliphatic heterocycles. The largest absolute Gasteiger partial charge is 0.361 e. The summed E-state index contributed by atoms with van der Waals surface area (Å²) in [6.45, 7) is 2.68. The lowest BCUT2D eigenvalue weighted by Gasteiger charge is -2.11. The third-order valence-electron chi connectivity index (χ3n) is 3.53. The predicted molar refractivity (Wildman–Crippen MR) is 111 cm³/mol. The molecule has 0 bridgehead atoms. The lowest BCUT2D eigenvalue weighted by atomic mass is 10.2. The van der Waals surface area contributed by atoms with Crippen molar-refractivity contribution >= 4 is 62.2 Å². The van der Waals surface area contributed by atoms with Gasteiger partial charge in [-0.25, -0.2) is 0 Å². The van der Waals surface area contributed by atoms with Gasteiger partial charge in [0.05, 0.1) is 11.6 Å². The van der Waals surface area contributed by atoms with Crippen molar-refractivity contribution in [3.8, 4) is 0 Å². The van der Waals surface area contributed by atoms with E-state index in [4.69, 9.17) is 23.8 Å². The number of nitrogens with one attached hydrogen (secondary N) is 4. The van der Waals surface area contributed by atoms with E-state index in [1.165, 1.54) is 11.3 Å². The summed E-state index contributed by atoms with van der Waals surface area (Å²) in [5.41, 5.74) is 5.04. The predicted octanol–water partition coefficient (Wildman–Crippen LogP) is 2.97.